The SMILES string of the molecule is C=NC(=O)N(CCO[C@@H](C)c1ccccc1)[C@H](C)c1cc(OCC)c(C(C)O)c(OCC)c1. The van der Waals surface area contributed by atoms with Gasteiger partial charge in [-0.25, -0.2) is 9.79 Å². The average Bonchev–Trinajstić information content (AvgIpc) is 2.81. The van der Waals surface area contributed by atoms with Crippen LogP contribution in [0.1, 0.15) is 69.6 Å². The van der Waals surface area contributed by atoms with Gasteiger partial charge in [0, 0.05) is 6.54 Å². The lowest BCUT2D eigenvalue weighted by Gasteiger charge is -2.29. The van der Waals surface area contributed by atoms with Crippen molar-refractivity contribution in [1.29, 1.82) is 0 Å². The van der Waals surface area contributed by atoms with E-state index >= 15 is 0 Å². The van der Waals surface area contributed by atoms with E-state index in [9.17, 15) is 9.90 Å². The molecule has 1 unspecified atom stereocenters. The van der Waals surface area contributed by atoms with Gasteiger partial charge in [0.25, 0.3) is 0 Å². The third-order valence-electron chi connectivity index (χ3n) is 5.44. The molecule has 0 heterocycles. The molecule has 33 heavy (non-hydrogen) atoms. The van der Waals surface area contributed by atoms with Gasteiger partial charge in [-0.15, -0.1) is 0 Å². The smallest absolute Gasteiger partial charge is 0.343 e. The first kappa shape index (κ1) is 26.4. The fourth-order valence-electron chi connectivity index (χ4n) is 3.70. The number of carbonyl (C=O) groups excluding carboxylic acids is 1. The topological polar surface area (TPSA) is 80.6 Å². The quantitative estimate of drug-likeness (QED) is 0.427. The normalized spacial score (nSPS) is 13.6. The van der Waals surface area contributed by atoms with Gasteiger partial charge in [0.15, 0.2) is 0 Å². The number of aliphatic hydroxyl groups excluding tert-OH is 1. The van der Waals surface area contributed by atoms with Crippen molar-refractivity contribution < 1.29 is 24.1 Å². The van der Waals surface area contributed by atoms with Gasteiger partial charge in [-0.1, -0.05) is 30.3 Å². The van der Waals surface area contributed by atoms with Crippen molar-refractivity contribution in [1.82, 2.24) is 4.90 Å². The summed E-state index contributed by atoms with van der Waals surface area (Å²) in [6, 6.07) is 12.8. The second kappa shape index (κ2) is 13.0. The molecule has 2 aromatic rings. The lowest BCUT2D eigenvalue weighted by atomic mass is 10.00. The van der Waals surface area contributed by atoms with Crippen molar-refractivity contribution >= 4 is 12.7 Å². The Kier molecular flexibility index (Phi) is 10.4. The van der Waals surface area contributed by atoms with Gasteiger partial charge in [0.1, 0.15) is 11.5 Å². The number of benzene rings is 2. The molecule has 2 amide bonds. The molecule has 7 nitrogen and oxygen atoms in total. The van der Waals surface area contributed by atoms with Crippen molar-refractivity contribution in [3.05, 3.63) is 59.2 Å². The molecule has 0 saturated heterocycles. The lowest BCUT2D eigenvalue weighted by molar-refractivity contribution is 0.0486. The molecule has 0 aliphatic carbocycles. The summed E-state index contributed by atoms with van der Waals surface area (Å²) >= 11 is 0. The van der Waals surface area contributed by atoms with E-state index in [1.54, 1.807) is 11.8 Å². The zero-order chi connectivity index (χ0) is 24.4. The van der Waals surface area contributed by atoms with E-state index in [4.69, 9.17) is 14.2 Å². The Morgan fingerprint density at radius 2 is 1.61 bits per heavy atom. The molecule has 2 rings (SSSR count). The van der Waals surface area contributed by atoms with Crippen LogP contribution in [0.3, 0.4) is 0 Å². The third kappa shape index (κ3) is 7.04. The van der Waals surface area contributed by atoms with E-state index < -0.39 is 12.1 Å². The zero-order valence-electron chi connectivity index (χ0n) is 20.3. The molecule has 0 aromatic heterocycles. The first-order valence-electron chi connectivity index (χ1n) is 11.4. The lowest BCUT2D eigenvalue weighted by Crippen LogP contribution is -2.34. The number of urea groups is 1. The van der Waals surface area contributed by atoms with Crippen molar-refractivity contribution in [2.75, 3.05) is 26.4 Å². The fourth-order valence-corrected chi connectivity index (χ4v) is 3.70. The Morgan fingerprint density at radius 1 is 1.03 bits per heavy atom. The minimum atomic E-state index is -0.766. The summed E-state index contributed by atoms with van der Waals surface area (Å²) in [6.45, 7) is 14.3. The zero-order valence-corrected chi connectivity index (χ0v) is 20.3. The summed E-state index contributed by atoms with van der Waals surface area (Å²) in [5, 5.41) is 10.3. The Hall–Kier alpha value is -2.90. The maximum Gasteiger partial charge on any atom is 0.343 e. The Labute approximate surface area is 197 Å². The van der Waals surface area contributed by atoms with Crippen LogP contribution >= 0.6 is 0 Å². The van der Waals surface area contributed by atoms with Crippen molar-refractivity contribution in [3.63, 3.8) is 0 Å². The molecule has 0 bridgehead atoms. The minimum absolute atomic E-state index is 0.102. The highest BCUT2D eigenvalue weighted by atomic mass is 16.5. The molecular formula is C26H36N2O5. The largest absolute Gasteiger partial charge is 0.493 e. The van der Waals surface area contributed by atoms with Gasteiger partial charge < -0.3 is 24.2 Å². The van der Waals surface area contributed by atoms with Crippen LogP contribution in [0.2, 0.25) is 0 Å². The van der Waals surface area contributed by atoms with Gasteiger partial charge in [-0.3, -0.25) is 0 Å². The highest BCUT2D eigenvalue weighted by molar-refractivity contribution is 5.79. The molecule has 0 spiro atoms. The molecule has 0 aliphatic heterocycles. The first-order chi connectivity index (χ1) is 15.8. The van der Waals surface area contributed by atoms with Crippen LogP contribution in [0.4, 0.5) is 4.79 Å². The van der Waals surface area contributed by atoms with Crippen LogP contribution in [0.25, 0.3) is 0 Å². The monoisotopic (exact) mass is 456 g/mol. The van der Waals surface area contributed by atoms with Crippen molar-refractivity contribution in [3.8, 4) is 11.5 Å². The summed E-state index contributed by atoms with van der Waals surface area (Å²) in [4.78, 5) is 17.8. The second-order valence-corrected chi connectivity index (χ2v) is 7.71. The van der Waals surface area contributed by atoms with Crippen LogP contribution in [-0.2, 0) is 4.74 Å². The van der Waals surface area contributed by atoms with Gasteiger partial charge in [-0.05, 0) is 64.6 Å². The molecular weight excluding hydrogens is 420 g/mol. The minimum Gasteiger partial charge on any atom is -0.493 e. The van der Waals surface area contributed by atoms with E-state index in [-0.39, 0.29) is 12.1 Å². The van der Waals surface area contributed by atoms with Crippen LogP contribution in [0.5, 0.6) is 11.5 Å². The highest BCUT2D eigenvalue weighted by Crippen LogP contribution is 2.38. The predicted molar refractivity (Wildman–Crippen MR) is 130 cm³/mol. The van der Waals surface area contributed by atoms with Crippen molar-refractivity contribution in [2.24, 2.45) is 4.99 Å². The Balaban J connectivity index is 2.27. The summed E-state index contributed by atoms with van der Waals surface area (Å²) in [5.74, 6) is 1.07. The van der Waals surface area contributed by atoms with Crippen molar-refractivity contribution in [2.45, 2.75) is 52.9 Å². The number of aliphatic hydroxyl groups is 1. The summed E-state index contributed by atoms with van der Waals surface area (Å²) < 4.78 is 17.6. The number of hydrogen-bond donors (Lipinski definition) is 1. The maximum atomic E-state index is 12.6. The number of rotatable bonds is 12. The van der Waals surface area contributed by atoms with Gasteiger partial charge in [-0.2, -0.15) is 0 Å². The third-order valence-corrected chi connectivity index (χ3v) is 5.44. The summed E-state index contributed by atoms with van der Waals surface area (Å²) in [6.07, 6.45) is -0.868. The molecule has 0 saturated carbocycles. The highest BCUT2D eigenvalue weighted by Gasteiger charge is 2.25. The fraction of sp³-hybridized carbons (Fsp3) is 0.462. The summed E-state index contributed by atoms with van der Waals surface area (Å²) in [5.41, 5.74) is 2.47. The van der Waals surface area contributed by atoms with Crippen LogP contribution in [-0.4, -0.2) is 49.1 Å². The van der Waals surface area contributed by atoms with Crippen LogP contribution in [0, 0.1) is 0 Å². The predicted octanol–water partition coefficient (Wildman–Crippen LogP) is 5.50. The van der Waals surface area contributed by atoms with E-state index in [2.05, 4.69) is 11.7 Å². The molecule has 7 heteroatoms. The maximum absolute atomic E-state index is 12.6. The second-order valence-electron chi connectivity index (χ2n) is 7.71. The number of aliphatic imine (C=N–C) groups is 1. The Morgan fingerprint density at radius 3 is 2.09 bits per heavy atom. The van der Waals surface area contributed by atoms with E-state index in [0.29, 0.717) is 43.4 Å². The van der Waals surface area contributed by atoms with E-state index in [1.807, 2.05) is 70.2 Å². The number of ether oxygens (including phenoxy) is 3. The number of hydrogen-bond acceptors (Lipinski definition) is 5. The molecule has 0 aliphatic rings. The molecule has 180 valence electrons. The number of nitrogens with zero attached hydrogens (tertiary/aromatic N) is 2. The molecule has 1 N–H and O–H groups in total. The van der Waals surface area contributed by atoms with Gasteiger partial charge >= 0.3 is 6.03 Å². The van der Waals surface area contributed by atoms with Gasteiger partial charge in [0.05, 0.1) is 43.6 Å². The summed E-state index contributed by atoms with van der Waals surface area (Å²) in [7, 11) is 0. The molecule has 3 atom stereocenters. The van der Waals surface area contributed by atoms with Gasteiger partial charge in [0.2, 0.25) is 0 Å². The van der Waals surface area contributed by atoms with E-state index in [1.165, 1.54) is 0 Å². The van der Waals surface area contributed by atoms with E-state index in [0.717, 1.165) is 11.1 Å². The number of amides is 2. The average molecular weight is 457 g/mol. The molecule has 0 radical (unpaired) electrons. The first-order valence-corrected chi connectivity index (χ1v) is 11.4. The standard InChI is InChI=1S/C26H36N2O5/c1-7-31-23-16-22(17-24(32-8-2)25(23)19(4)29)18(3)28(26(30)27-6)14-15-33-20(5)21-12-10-9-11-13-21/h9-13,16-20,29H,6-8,14-15H2,1-5H3/t18-,19?,20+/m1/s1. The van der Waals surface area contributed by atoms with Crippen LogP contribution in [0.15, 0.2) is 47.5 Å². The van der Waals surface area contributed by atoms with Crippen LogP contribution < -0.4 is 9.47 Å². The molecule has 2 aromatic carbocycles. The molecule has 0 fully saturated rings. The Bertz CT molecular complexity index is 874. The number of carbonyl (C=O) groups is 1.